The molecule has 37 heavy (non-hydrogen) atoms. The molecule has 200 valence electrons. The minimum absolute atomic E-state index is 0.000870. The van der Waals surface area contributed by atoms with Crippen molar-refractivity contribution in [2.24, 2.45) is 17.3 Å². The number of cyclic esters (lactones) is 1. The highest BCUT2D eigenvalue weighted by molar-refractivity contribution is 5.94. The second-order valence-electron chi connectivity index (χ2n) is 12.1. The van der Waals surface area contributed by atoms with Crippen molar-refractivity contribution in [2.75, 3.05) is 6.61 Å². The average Bonchev–Trinajstić information content (AvgIpc) is 3.30. The lowest BCUT2D eigenvalue weighted by Crippen LogP contribution is -2.45. The number of alkyl carbamates (subject to hydrolysis) is 1. The van der Waals surface area contributed by atoms with Gasteiger partial charge in [0.05, 0.1) is 11.6 Å². The number of amides is 1. The molecule has 1 aliphatic heterocycles. The predicted octanol–water partition coefficient (Wildman–Crippen LogP) is 4.39. The third kappa shape index (κ3) is 5.90. The SMILES string of the molecule is CC1=CC2=C(C(=O)OC2)[C@@H](OC(=O)[C@H](O)[C@@H](NC(=O)OC(C)(C)C)c2ccccc2)[C@@H]2CC(C)(C)C[C@H]12. The summed E-state index contributed by atoms with van der Waals surface area (Å²) in [4.78, 5) is 38.8. The lowest BCUT2D eigenvalue weighted by atomic mass is 9.84. The van der Waals surface area contributed by atoms with Crippen molar-refractivity contribution in [3.05, 3.63) is 58.7 Å². The highest BCUT2D eigenvalue weighted by Gasteiger charge is 2.51. The Hall–Kier alpha value is -3.13. The Labute approximate surface area is 218 Å². The van der Waals surface area contributed by atoms with Gasteiger partial charge in [0.15, 0.2) is 6.10 Å². The maximum Gasteiger partial charge on any atom is 0.408 e. The number of allylic oxidation sites excluding steroid dienone is 1. The summed E-state index contributed by atoms with van der Waals surface area (Å²) in [6, 6.07) is 7.56. The van der Waals surface area contributed by atoms with Crippen molar-refractivity contribution in [1.29, 1.82) is 0 Å². The second-order valence-corrected chi connectivity index (χ2v) is 12.1. The molecule has 0 saturated heterocycles. The van der Waals surface area contributed by atoms with Crippen LogP contribution in [0.25, 0.3) is 0 Å². The fourth-order valence-corrected chi connectivity index (χ4v) is 5.79. The summed E-state index contributed by atoms with van der Waals surface area (Å²) in [5.74, 6) is -1.42. The molecular weight excluding hydrogens is 474 g/mol. The summed E-state index contributed by atoms with van der Waals surface area (Å²) >= 11 is 0. The van der Waals surface area contributed by atoms with E-state index >= 15 is 0 Å². The maximum absolute atomic E-state index is 13.5. The largest absolute Gasteiger partial charge is 0.457 e. The van der Waals surface area contributed by atoms with E-state index in [9.17, 15) is 19.5 Å². The lowest BCUT2D eigenvalue weighted by Gasteiger charge is -2.31. The normalized spacial score (nSPS) is 26.2. The number of aliphatic hydroxyl groups excluding tert-OH is 1. The van der Waals surface area contributed by atoms with Gasteiger partial charge in [0, 0.05) is 11.5 Å². The average molecular weight is 512 g/mol. The number of esters is 2. The highest BCUT2D eigenvalue weighted by atomic mass is 16.6. The topological polar surface area (TPSA) is 111 Å². The summed E-state index contributed by atoms with van der Waals surface area (Å²) in [7, 11) is 0. The number of carbonyl (C=O) groups excluding carboxylic acids is 3. The number of fused-ring (bicyclic) bond motifs is 1. The fourth-order valence-electron chi connectivity index (χ4n) is 5.79. The van der Waals surface area contributed by atoms with Gasteiger partial charge in [0.2, 0.25) is 0 Å². The van der Waals surface area contributed by atoms with Gasteiger partial charge >= 0.3 is 18.0 Å². The van der Waals surface area contributed by atoms with Gasteiger partial charge in [-0.3, -0.25) is 0 Å². The van der Waals surface area contributed by atoms with E-state index in [1.807, 2.05) is 13.0 Å². The first-order valence-electron chi connectivity index (χ1n) is 12.8. The molecule has 4 rings (SSSR count). The minimum Gasteiger partial charge on any atom is -0.457 e. The first-order chi connectivity index (χ1) is 17.3. The molecule has 1 heterocycles. The van der Waals surface area contributed by atoms with E-state index in [4.69, 9.17) is 14.2 Å². The molecule has 0 spiro atoms. The quantitative estimate of drug-likeness (QED) is 0.445. The molecule has 0 bridgehead atoms. The van der Waals surface area contributed by atoms with Crippen molar-refractivity contribution in [2.45, 2.75) is 78.2 Å². The van der Waals surface area contributed by atoms with Gasteiger partial charge < -0.3 is 24.6 Å². The molecule has 3 aliphatic rings. The number of hydrogen-bond acceptors (Lipinski definition) is 7. The van der Waals surface area contributed by atoms with Crippen LogP contribution >= 0.6 is 0 Å². The van der Waals surface area contributed by atoms with E-state index in [1.165, 1.54) is 0 Å². The second kappa shape index (κ2) is 9.97. The zero-order chi connectivity index (χ0) is 27.1. The Balaban J connectivity index is 1.62. The number of nitrogens with one attached hydrogen (secondary N) is 1. The van der Waals surface area contributed by atoms with Crippen molar-refractivity contribution in [1.82, 2.24) is 5.32 Å². The van der Waals surface area contributed by atoms with Crippen LogP contribution in [0, 0.1) is 17.3 Å². The van der Waals surface area contributed by atoms with Crippen LogP contribution in [-0.2, 0) is 23.8 Å². The summed E-state index contributed by atoms with van der Waals surface area (Å²) in [6.45, 7) is 11.7. The van der Waals surface area contributed by atoms with Gasteiger partial charge in [-0.15, -0.1) is 0 Å². The third-order valence-corrected chi connectivity index (χ3v) is 7.29. The van der Waals surface area contributed by atoms with Crippen LogP contribution in [0.15, 0.2) is 53.1 Å². The first kappa shape index (κ1) is 26.9. The van der Waals surface area contributed by atoms with Crippen LogP contribution in [0.1, 0.15) is 66.0 Å². The van der Waals surface area contributed by atoms with Crippen LogP contribution < -0.4 is 5.32 Å². The van der Waals surface area contributed by atoms with Gasteiger partial charge in [-0.1, -0.05) is 55.8 Å². The van der Waals surface area contributed by atoms with Crippen LogP contribution in [0.3, 0.4) is 0 Å². The zero-order valence-electron chi connectivity index (χ0n) is 22.4. The molecule has 2 N–H and O–H groups in total. The molecule has 8 heteroatoms. The molecule has 0 aromatic heterocycles. The van der Waals surface area contributed by atoms with E-state index in [-0.39, 0.29) is 23.9 Å². The van der Waals surface area contributed by atoms with E-state index in [0.29, 0.717) is 16.7 Å². The van der Waals surface area contributed by atoms with Gasteiger partial charge in [-0.05, 0) is 57.4 Å². The van der Waals surface area contributed by atoms with Gasteiger partial charge in [-0.2, -0.15) is 0 Å². The lowest BCUT2D eigenvalue weighted by molar-refractivity contribution is -0.162. The molecule has 1 amide bonds. The summed E-state index contributed by atoms with van der Waals surface area (Å²) in [6.07, 6.45) is 0.273. The Morgan fingerprint density at radius 2 is 1.84 bits per heavy atom. The number of benzene rings is 1. The van der Waals surface area contributed by atoms with E-state index in [1.54, 1.807) is 51.1 Å². The van der Waals surface area contributed by atoms with Crippen molar-refractivity contribution >= 4 is 18.0 Å². The Morgan fingerprint density at radius 1 is 1.16 bits per heavy atom. The van der Waals surface area contributed by atoms with Crippen molar-refractivity contribution in [3.8, 4) is 0 Å². The maximum atomic E-state index is 13.5. The van der Waals surface area contributed by atoms with Gasteiger partial charge in [0.1, 0.15) is 18.3 Å². The van der Waals surface area contributed by atoms with E-state index in [2.05, 4.69) is 19.2 Å². The number of hydrogen-bond donors (Lipinski definition) is 2. The number of aliphatic hydroxyl groups is 1. The van der Waals surface area contributed by atoms with Crippen LogP contribution in [-0.4, -0.2) is 47.6 Å². The molecule has 2 aliphatic carbocycles. The van der Waals surface area contributed by atoms with Crippen LogP contribution in [0.5, 0.6) is 0 Å². The minimum atomic E-state index is -1.73. The Kier molecular flexibility index (Phi) is 7.25. The summed E-state index contributed by atoms with van der Waals surface area (Å²) in [5.41, 5.74) is 1.94. The van der Waals surface area contributed by atoms with Gasteiger partial charge in [-0.25, -0.2) is 14.4 Å². The predicted molar refractivity (Wildman–Crippen MR) is 136 cm³/mol. The Bertz CT molecular complexity index is 1130. The molecule has 0 unspecified atom stereocenters. The molecule has 5 atom stereocenters. The molecular formula is C29H37NO7. The molecule has 1 fully saturated rings. The van der Waals surface area contributed by atoms with Crippen molar-refractivity contribution < 1.29 is 33.7 Å². The van der Waals surface area contributed by atoms with Crippen LogP contribution in [0.4, 0.5) is 4.79 Å². The molecule has 8 nitrogen and oxygen atoms in total. The number of carbonyl (C=O) groups is 3. The third-order valence-electron chi connectivity index (χ3n) is 7.29. The standard InChI is InChI=1S/C29H37NO7/c1-16-12-18-15-35-25(32)21(18)24(20-14-29(5,6)13-19(16)20)36-26(33)23(31)22(17-10-8-7-9-11-17)30-27(34)37-28(2,3)4/h7-12,19-20,22-24,31H,13-15H2,1-6H3,(H,30,34)/t19-,20-,22+,23-,24+/m1/s1. The summed E-state index contributed by atoms with van der Waals surface area (Å²) < 4.78 is 16.7. The number of ether oxygens (including phenoxy) is 3. The monoisotopic (exact) mass is 511 g/mol. The fraction of sp³-hybridized carbons (Fsp3) is 0.552. The molecule has 1 aromatic rings. The highest BCUT2D eigenvalue weighted by Crippen LogP contribution is 2.53. The van der Waals surface area contributed by atoms with E-state index in [0.717, 1.165) is 18.4 Å². The number of rotatable bonds is 5. The van der Waals surface area contributed by atoms with E-state index < -0.39 is 41.9 Å². The zero-order valence-corrected chi connectivity index (χ0v) is 22.4. The molecule has 0 radical (unpaired) electrons. The smallest absolute Gasteiger partial charge is 0.408 e. The van der Waals surface area contributed by atoms with Gasteiger partial charge in [0.25, 0.3) is 0 Å². The van der Waals surface area contributed by atoms with Crippen LogP contribution in [0.2, 0.25) is 0 Å². The summed E-state index contributed by atoms with van der Waals surface area (Å²) in [5, 5.41) is 13.8. The first-order valence-corrected chi connectivity index (χ1v) is 12.8. The molecule has 1 saturated carbocycles. The van der Waals surface area contributed by atoms with Crippen molar-refractivity contribution in [3.63, 3.8) is 0 Å². The Morgan fingerprint density at radius 3 is 2.49 bits per heavy atom. The molecule has 1 aromatic carbocycles.